The third kappa shape index (κ3) is 2.92. The Kier molecular flexibility index (Phi) is 4.57. The van der Waals surface area contributed by atoms with Crippen molar-refractivity contribution in [2.24, 2.45) is 0 Å². The van der Waals surface area contributed by atoms with Gasteiger partial charge in [-0.1, -0.05) is 17.7 Å². The van der Waals surface area contributed by atoms with E-state index in [1.54, 1.807) is 0 Å². The highest BCUT2D eigenvalue weighted by molar-refractivity contribution is 9.10. The van der Waals surface area contributed by atoms with Gasteiger partial charge in [0.25, 0.3) is 11.1 Å². The summed E-state index contributed by atoms with van der Waals surface area (Å²) in [5.74, 6) is -0.444. The van der Waals surface area contributed by atoms with Gasteiger partial charge in [0, 0.05) is 17.1 Å². The highest BCUT2D eigenvalue weighted by Gasteiger charge is 2.34. The van der Waals surface area contributed by atoms with Crippen LogP contribution < -0.4 is 0 Å². The molecule has 20 heavy (non-hydrogen) atoms. The fourth-order valence-corrected chi connectivity index (χ4v) is 3.30. The molecule has 0 unspecified atom stereocenters. The van der Waals surface area contributed by atoms with Crippen LogP contribution in [0, 0.1) is 0 Å². The van der Waals surface area contributed by atoms with Crippen LogP contribution in [0.2, 0.25) is 5.02 Å². The van der Waals surface area contributed by atoms with Gasteiger partial charge in [0.1, 0.15) is 5.75 Å². The summed E-state index contributed by atoms with van der Waals surface area (Å²) in [6.45, 7) is 3.66. The van der Waals surface area contributed by atoms with Crippen molar-refractivity contribution in [3.05, 3.63) is 44.8 Å². The molecule has 0 aromatic heterocycles. The van der Waals surface area contributed by atoms with E-state index in [4.69, 9.17) is 11.6 Å². The second-order valence-electron chi connectivity index (χ2n) is 3.91. The first kappa shape index (κ1) is 15.2. The van der Waals surface area contributed by atoms with Crippen LogP contribution in [0.25, 0.3) is 6.08 Å². The highest BCUT2D eigenvalue weighted by Crippen LogP contribution is 2.37. The van der Waals surface area contributed by atoms with Crippen LogP contribution in [0.1, 0.15) is 5.56 Å². The molecule has 2 rings (SSSR count). The van der Waals surface area contributed by atoms with Gasteiger partial charge in [-0.3, -0.25) is 14.5 Å². The quantitative estimate of drug-likeness (QED) is 0.641. The molecule has 1 saturated heterocycles. The Morgan fingerprint density at radius 1 is 1.45 bits per heavy atom. The maximum absolute atomic E-state index is 12.0. The normalized spacial score (nSPS) is 17.1. The van der Waals surface area contributed by atoms with Gasteiger partial charge in [-0.05, 0) is 45.9 Å². The predicted molar refractivity (Wildman–Crippen MR) is 83.7 cm³/mol. The lowest BCUT2D eigenvalue weighted by Gasteiger charge is -2.08. The summed E-state index contributed by atoms with van der Waals surface area (Å²) in [5, 5.41) is 9.97. The number of nitrogens with zero attached hydrogens (tertiary/aromatic N) is 1. The smallest absolute Gasteiger partial charge is 0.293 e. The zero-order valence-electron chi connectivity index (χ0n) is 10.1. The van der Waals surface area contributed by atoms with Gasteiger partial charge >= 0.3 is 0 Å². The molecule has 1 N–H and O–H groups in total. The van der Waals surface area contributed by atoms with E-state index < -0.39 is 5.91 Å². The SMILES string of the molecule is C=CCN1C(=O)S/C(=C/c2cc(Cl)cc(Br)c2O)C1=O. The minimum Gasteiger partial charge on any atom is -0.506 e. The highest BCUT2D eigenvalue weighted by atomic mass is 79.9. The second kappa shape index (κ2) is 6.03. The molecule has 1 aromatic rings. The number of carbonyl (C=O) groups is 2. The zero-order chi connectivity index (χ0) is 14.9. The zero-order valence-corrected chi connectivity index (χ0v) is 13.3. The van der Waals surface area contributed by atoms with Crippen LogP contribution in [-0.2, 0) is 4.79 Å². The first-order valence-corrected chi connectivity index (χ1v) is 7.47. The van der Waals surface area contributed by atoms with Gasteiger partial charge in [0.2, 0.25) is 0 Å². The number of phenolic OH excluding ortho intramolecular Hbond substituents is 1. The van der Waals surface area contributed by atoms with E-state index in [0.29, 0.717) is 15.1 Å². The Balaban J connectivity index is 2.40. The standard InChI is InChI=1S/C13H9BrClNO3S/c1-2-3-16-12(18)10(20-13(16)19)5-7-4-8(15)6-9(14)11(7)17/h2,4-6,17H,1,3H2/b10-5+. The second-order valence-corrected chi connectivity index (χ2v) is 6.19. The molecule has 0 radical (unpaired) electrons. The van der Waals surface area contributed by atoms with Crippen molar-refractivity contribution in [2.75, 3.05) is 6.54 Å². The maximum Gasteiger partial charge on any atom is 0.293 e. The Morgan fingerprint density at radius 2 is 2.15 bits per heavy atom. The van der Waals surface area contributed by atoms with E-state index in [2.05, 4.69) is 22.5 Å². The third-order valence-electron chi connectivity index (χ3n) is 2.53. The van der Waals surface area contributed by atoms with E-state index in [9.17, 15) is 14.7 Å². The Hall–Kier alpha value is -1.24. The number of rotatable bonds is 3. The summed E-state index contributed by atoms with van der Waals surface area (Å²) < 4.78 is 0.418. The van der Waals surface area contributed by atoms with Crippen LogP contribution >= 0.6 is 39.3 Å². The topological polar surface area (TPSA) is 57.6 Å². The number of halogens is 2. The molecule has 0 atom stereocenters. The first-order chi connectivity index (χ1) is 9.43. The molecule has 1 aliphatic rings. The summed E-state index contributed by atoms with van der Waals surface area (Å²) >= 11 is 9.88. The molecule has 1 fully saturated rings. The van der Waals surface area contributed by atoms with Gasteiger partial charge in [-0.2, -0.15) is 0 Å². The molecule has 1 aliphatic heterocycles. The molecule has 0 saturated carbocycles. The number of hydrogen-bond donors (Lipinski definition) is 1. The van der Waals surface area contributed by atoms with Crippen molar-refractivity contribution in [1.29, 1.82) is 0 Å². The summed E-state index contributed by atoms with van der Waals surface area (Å²) in [4.78, 5) is 25.0. The van der Waals surface area contributed by atoms with Gasteiger partial charge < -0.3 is 5.11 Å². The maximum atomic E-state index is 12.0. The van der Waals surface area contributed by atoms with E-state index >= 15 is 0 Å². The molecule has 0 spiro atoms. The van der Waals surface area contributed by atoms with Crippen LogP contribution in [0.5, 0.6) is 5.75 Å². The van der Waals surface area contributed by atoms with Crippen molar-refractivity contribution in [2.45, 2.75) is 0 Å². The van der Waals surface area contributed by atoms with Gasteiger partial charge in [-0.25, -0.2) is 0 Å². The van der Waals surface area contributed by atoms with Gasteiger partial charge in [0.15, 0.2) is 0 Å². The monoisotopic (exact) mass is 373 g/mol. The predicted octanol–water partition coefficient (Wildman–Crippen LogP) is 4.03. The van der Waals surface area contributed by atoms with E-state index in [0.717, 1.165) is 16.7 Å². The third-order valence-corrected chi connectivity index (χ3v) is 4.26. The molecular weight excluding hydrogens is 366 g/mol. The Labute approximate surface area is 133 Å². The number of hydrogen-bond acceptors (Lipinski definition) is 4. The summed E-state index contributed by atoms with van der Waals surface area (Å²) in [6, 6.07) is 3.06. The lowest BCUT2D eigenvalue weighted by atomic mass is 10.2. The number of imide groups is 1. The van der Waals surface area contributed by atoms with Gasteiger partial charge in [0.05, 0.1) is 9.38 Å². The van der Waals surface area contributed by atoms with Crippen molar-refractivity contribution in [1.82, 2.24) is 4.90 Å². The molecule has 4 nitrogen and oxygen atoms in total. The van der Waals surface area contributed by atoms with E-state index in [-0.39, 0.29) is 22.4 Å². The number of carbonyl (C=O) groups excluding carboxylic acids is 2. The molecule has 1 aromatic carbocycles. The van der Waals surface area contributed by atoms with Crippen LogP contribution in [0.4, 0.5) is 4.79 Å². The average Bonchev–Trinajstić information content (AvgIpc) is 2.63. The van der Waals surface area contributed by atoms with Gasteiger partial charge in [-0.15, -0.1) is 6.58 Å². The van der Waals surface area contributed by atoms with Crippen molar-refractivity contribution in [3.63, 3.8) is 0 Å². The Bertz CT molecular complexity index is 645. The first-order valence-electron chi connectivity index (χ1n) is 5.48. The molecule has 0 aliphatic carbocycles. The summed E-state index contributed by atoms with van der Waals surface area (Å²) in [7, 11) is 0. The average molecular weight is 375 g/mol. The largest absolute Gasteiger partial charge is 0.506 e. The van der Waals surface area contributed by atoms with Crippen LogP contribution in [-0.4, -0.2) is 27.7 Å². The number of phenols is 1. The molecule has 2 amide bonds. The summed E-state index contributed by atoms with van der Waals surface area (Å²) in [6.07, 6.45) is 2.92. The Morgan fingerprint density at radius 3 is 2.80 bits per heavy atom. The molecule has 104 valence electrons. The van der Waals surface area contributed by atoms with Crippen molar-refractivity contribution >= 4 is 56.5 Å². The minimum absolute atomic E-state index is 0.0371. The lowest BCUT2D eigenvalue weighted by Crippen LogP contribution is -2.27. The van der Waals surface area contributed by atoms with E-state index in [1.165, 1.54) is 24.3 Å². The molecule has 1 heterocycles. The number of thioether (sulfide) groups is 1. The van der Waals surface area contributed by atoms with Crippen LogP contribution in [0.3, 0.4) is 0 Å². The lowest BCUT2D eigenvalue weighted by molar-refractivity contribution is -0.122. The minimum atomic E-state index is -0.407. The van der Waals surface area contributed by atoms with E-state index in [1.807, 2.05) is 0 Å². The van der Waals surface area contributed by atoms with Crippen LogP contribution in [0.15, 0.2) is 34.2 Å². The number of benzene rings is 1. The van der Waals surface area contributed by atoms with Crippen molar-refractivity contribution < 1.29 is 14.7 Å². The van der Waals surface area contributed by atoms with Crippen molar-refractivity contribution in [3.8, 4) is 5.75 Å². The number of aromatic hydroxyl groups is 1. The molecule has 0 bridgehead atoms. The molecule has 7 heteroatoms. The fraction of sp³-hybridized carbons (Fsp3) is 0.0769. The summed E-state index contributed by atoms with van der Waals surface area (Å²) in [5.41, 5.74) is 0.369. The number of amides is 2. The molecular formula is C13H9BrClNO3S. The fourth-order valence-electron chi connectivity index (χ4n) is 1.62.